The van der Waals surface area contributed by atoms with E-state index in [0.717, 1.165) is 22.5 Å². The normalized spacial score (nSPS) is 24.2. The molecule has 2 unspecified atom stereocenters. The van der Waals surface area contributed by atoms with Gasteiger partial charge in [0.2, 0.25) is 0 Å². The van der Waals surface area contributed by atoms with Crippen LogP contribution >= 0.6 is 23.4 Å². The zero-order valence-corrected chi connectivity index (χ0v) is 13.8. The molecule has 1 fully saturated rings. The molecule has 0 bridgehead atoms. The second-order valence-corrected chi connectivity index (χ2v) is 6.73. The lowest BCUT2D eigenvalue weighted by Gasteiger charge is -2.24. The van der Waals surface area contributed by atoms with Crippen molar-refractivity contribution in [2.24, 2.45) is 10.9 Å². The summed E-state index contributed by atoms with van der Waals surface area (Å²) in [5.41, 5.74) is 0.825. The van der Waals surface area contributed by atoms with E-state index in [2.05, 4.69) is 5.32 Å². The molecule has 6 heteroatoms. The molecule has 4 nitrogen and oxygen atoms in total. The minimum Gasteiger partial charge on any atom is -0.495 e. The molecule has 0 saturated heterocycles. The third kappa shape index (κ3) is 3.09. The lowest BCUT2D eigenvalue weighted by atomic mass is 10.1. The van der Waals surface area contributed by atoms with Crippen molar-refractivity contribution >= 4 is 34.2 Å². The summed E-state index contributed by atoms with van der Waals surface area (Å²) < 4.78 is 10.6. The first-order valence-corrected chi connectivity index (χ1v) is 8.46. The van der Waals surface area contributed by atoms with Gasteiger partial charge in [0.05, 0.1) is 31.0 Å². The van der Waals surface area contributed by atoms with Crippen molar-refractivity contribution in [1.82, 2.24) is 0 Å². The Morgan fingerprint density at radius 2 is 2.05 bits per heavy atom. The van der Waals surface area contributed by atoms with Crippen LogP contribution in [0, 0.1) is 5.92 Å². The molecule has 0 amide bonds. The van der Waals surface area contributed by atoms with Crippen molar-refractivity contribution in [3.63, 3.8) is 0 Å². The molecule has 0 radical (unpaired) electrons. The zero-order chi connectivity index (χ0) is 14.8. The standard InChI is InChI=1S/C15H19ClN2O2S/c1-19-13-7-14(20-2)12(6-10(13)16)18-15-17-11-5-3-4-9(11)8-21-15/h6-7,9,11H,3-5,8H2,1-2H3,(H,17,18). The van der Waals surface area contributed by atoms with Gasteiger partial charge in [-0.3, -0.25) is 4.99 Å². The molecule has 1 N–H and O–H groups in total. The number of nitrogens with zero attached hydrogens (tertiary/aromatic N) is 1. The summed E-state index contributed by atoms with van der Waals surface area (Å²) in [4.78, 5) is 4.83. The van der Waals surface area contributed by atoms with E-state index in [-0.39, 0.29) is 0 Å². The van der Waals surface area contributed by atoms with Crippen molar-refractivity contribution in [3.05, 3.63) is 17.2 Å². The summed E-state index contributed by atoms with van der Waals surface area (Å²) in [6, 6.07) is 4.09. The van der Waals surface area contributed by atoms with Gasteiger partial charge in [-0.1, -0.05) is 29.8 Å². The molecule has 1 aromatic carbocycles. The Hall–Kier alpha value is -1.07. The number of benzene rings is 1. The average molecular weight is 327 g/mol. The number of hydrogen-bond donors (Lipinski definition) is 1. The van der Waals surface area contributed by atoms with Crippen LogP contribution in [0.15, 0.2) is 17.1 Å². The van der Waals surface area contributed by atoms with E-state index in [9.17, 15) is 0 Å². The highest BCUT2D eigenvalue weighted by Crippen LogP contribution is 2.39. The fourth-order valence-electron chi connectivity index (χ4n) is 2.90. The number of halogens is 1. The molecule has 114 valence electrons. The quantitative estimate of drug-likeness (QED) is 0.910. The van der Waals surface area contributed by atoms with Crippen molar-refractivity contribution in [2.75, 3.05) is 25.3 Å². The third-order valence-corrected chi connectivity index (χ3v) is 5.42. The summed E-state index contributed by atoms with van der Waals surface area (Å²) in [5.74, 6) is 3.20. The molecule has 2 aliphatic rings. The predicted molar refractivity (Wildman–Crippen MR) is 89.2 cm³/mol. The number of ether oxygens (including phenoxy) is 2. The van der Waals surface area contributed by atoms with E-state index in [0.29, 0.717) is 22.6 Å². The molecular weight excluding hydrogens is 308 g/mol. The lowest BCUT2D eigenvalue weighted by Crippen LogP contribution is -2.25. The van der Waals surface area contributed by atoms with Gasteiger partial charge in [-0.15, -0.1) is 0 Å². The number of anilines is 1. The van der Waals surface area contributed by atoms with Gasteiger partial charge in [-0.2, -0.15) is 0 Å². The predicted octanol–water partition coefficient (Wildman–Crippen LogP) is 4.04. The second kappa shape index (κ2) is 6.36. The number of hydrogen-bond acceptors (Lipinski definition) is 5. The summed E-state index contributed by atoms with van der Waals surface area (Å²) in [6.07, 6.45) is 3.81. The second-order valence-electron chi connectivity index (χ2n) is 5.32. The van der Waals surface area contributed by atoms with Crippen LogP contribution in [-0.4, -0.2) is 31.2 Å². The van der Waals surface area contributed by atoms with Crippen molar-refractivity contribution in [2.45, 2.75) is 25.3 Å². The van der Waals surface area contributed by atoms with Gasteiger partial charge < -0.3 is 14.8 Å². The maximum absolute atomic E-state index is 6.20. The zero-order valence-electron chi connectivity index (χ0n) is 12.2. The van der Waals surface area contributed by atoms with Crippen LogP contribution < -0.4 is 14.8 Å². The van der Waals surface area contributed by atoms with Gasteiger partial charge in [-0.05, 0) is 24.8 Å². The number of amidine groups is 1. The monoisotopic (exact) mass is 326 g/mol. The minimum atomic E-state index is 0.480. The number of thioether (sulfide) groups is 1. The number of nitrogens with one attached hydrogen (secondary N) is 1. The van der Waals surface area contributed by atoms with Crippen LogP contribution in [0.2, 0.25) is 5.02 Å². The molecule has 21 heavy (non-hydrogen) atoms. The van der Waals surface area contributed by atoms with Crippen molar-refractivity contribution in [1.29, 1.82) is 0 Å². The van der Waals surface area contributed by atoms with Crippen LogP contribution in [0.25, 0.3) is 0 Å². The van der Waals surface area contributed by atoms with E-state index < -0.39 is 0 Å². The van der Waals surface area contributed by atoms with E-state index >= 15 is 0 Å². The Morgan fingerprint density at radius 3 is 2.81 bits per heavy atom. The van der Waals surface area contributed by atoms with Gasteiger partial charge in [-0.25, -0.2) is 0 Å². The first-order valence-electron chi connectivity index (χ1n) is 7.10. The topological polar surface area (TPSA) is 42.9 Å². The summed E-state index contributed by atoms with van der Waals surface area (Å²) in [5, 5.41) is 4.87. The van der Waals surface area contributed by atoms with Crippen molar-refractivity contribution < 1.29 is 9.47 Å². The van der Waals surface area contributed by atoms with Crippen LogP contribution in [-0.2, 0) is 0 Å². The number of rotatable bonds is 3. The lowest BCUT2D eigenvalue weighted by molar-refractivity contribution is 0.396. The number of methoxy groups -OCH3 is 2. The summed E-state index contributed by atoms with van der Waals surface area (Å²) >= 11 is 7.98. The fourth-order valence-corrected chi connectivity index (χ4v) is 4.29. The maximum atomic E-state index is 6.20. The van der Waals surface area contributed by atoms with E-state index in [1.54, 1.807) is 32.0 Å². The van der Waals surface area contributed by atoms with Gasteiger partial charge >= 0.3 is 0 Å². The highest BCUT2D eigenvalue weighted by Gasteiger charge is 2.31. The molecule has 1 saturated carbocycles. The first kappa shape index (κ1) is 14.9. The van der Waals surface area contributed by atoms with Gasteiger partial charge in [0.25, 0.3) is 0 Å². The maximum Gasteiger partial charge on any atom is 0.161 e. The molecular formula is C15H19ClN2O2S. The largest absolute Gasteiger partial charge is 0.495 e. The highest BCUT2D eigenvalue weighted by molar-refractivity contribution is 8.14. The Kier molecular flexibility index (Phi) is 4.50. The molecule has 1 aliphatic carbocycles. The summed E-state index contributed by atoms with van der Waals surface area (Å²) in [6.45, 7) is 0. The van der Waals surface area contributed by atoms with Crippen molar-refractivity contribution in [3.8, 4) is 11.5 Å². The number of fused-ring (bicyclic) bond motifs is 1. The van der Waals surface area contributed by atoms with Crippen LogP contribution in [0.4, 0.5) is 5.69 Å². The summed E-state index contributed by atoms with van der Waals surface area (Å²) in [7, 11) is 3.23. The molecule has 1 aromatic rings. The molecule has 3 rings (SSSR count). The van der Waals surface area contributed by atoms with E-state index in [1.165, 1.54) is 19.3 Å². The minimum absolute atomic E-state index is 0.480. The highest BCUT2D eigenvalue weighted by atomic mass is 35.5. The molecule has 2 atom stereocenters. The fraction of sp³-hybridized carbons (Fsp3) is 0.533. The van der Waals surface area contributed by atoms with Gasteiger partial charge in [0.1, 0.15) is 11.5 Å². The van der Waals surface area contributed by atoms with E-state index in [4.69, 9.17) is 26.1 Å². The van der Waals surface area contributed by atoms with Gasteiger partial charge in [0, 0.05) is 11.8 Å². The molecule has 1 aliphatic heterocycles. The number of aliphatic imine (C=N–C) groups is 1. The smallest absolute Gasteiger partial charge is 0.161 e. The Balaban J connectivity index is 1.82. The van der Waals surface area contributed by atoms with Crippen LogP contribution in [0.5, 0.6) is 11.5 Å². The first-order chi connectivity index (χ1) is 10.2. The molecule has 0 aromatic heterocycles. The Morgan fingerprint density at radius 1 is 1.24 bits per heavy atom. The molecule has 1 heterocycles. The van der Waals surface area contributed by atoms with Crippen LogP contribution in [0.1, 0.15) is 19.3 Å². The Labute approximate surface area is 134 Å². The van der Waals surface area contributed by atoms with Crippen LogP contribution in [0.3, 0.4) is 0 Å². The average Bonchev–Trinajstić information content (AvgIpc) is 2.95. The Bertz CT molecular complexity index is 565. The molecule has 0 spiro atoms. The van der Waals surface area contributed by atoms with E-state index in [1.807, 2.05) is 6.07 Å². The van der Waals surface area contributed by atoms with Gasteiger partial charge in [0.15, 0.2) is 5.17 Å². The third-order valence-electron chi connectivity index (χ3n) is 4.05. The SMILES string of the molecule is COc1cc(OC)c(NC2=NC3CCCC3CS2)cc1Cl.